The first kappa shape index (κ1) is 16.9. The Morgan fingerprint density at radius 3 is 1.83 bits per heavy atom. The van der Waals surface area contributed by atoms with Gasteiger partial charge in [-0.15, -0.1) is 0 Å². The molecule has 122 valence electrons. The van der Waals surface area contributed by atoms with Crippen molar-refractivity contribution in [2.75, 3.05) is 33.8 Å². The standard InChI is InChI=1S/C17H19NO4S/c1-19-13-7-5-12(6-8-13)18-17(23)11-9-14(20-2)16(22-4)15(10-11)21-3/h5-10H,1-4H3,(H,18,23). The highest BCUT2D eigenvalue weighted by molar-refractivity contribution is 7.81. The molecule has 5 nitrogen and oxygen atoms in total. The second-order valence-corrected chi connectivity index (χ2v) is 5.00. The van der Waals surface area contributed by atoms with Gasteiger partial charge < -0.3 is 24.3 Å². The largest absolute Gasteiger partial charge is 0.497 e. The summed E-state index contributed by atoms with van der Waals surface area (Å²) in [4.78, 5) is 0.550. The highest BCUT2D eigenvalue weighted by Crippen LogP contribution is 2.38. The van der Waals surface area contributed by atoms with E-state index in [0.717, 1.165) is 17.0 Å². The predicted molar refractivity (Wildman–Crippen MR) is 94.4 cm³/mol. The van der Waals surface area contributed by atoms with Crippen LogP contribution in [0, 0.1) is 0 Å². The topological polar surface area (TPSA) is 49.0 Å². The van der Waals surface area contributed by atoms with Gasteiger partial charge >= 0.3 is 0 Å². The Morgan fingerprint density at radius 2 is 1.39 bits per heavy atom. The fourth-order valence-corrected chi connectivity index (χ4v) is 2.33. The van der Waals surface area contributed by atoms with Crippen LogP contribution in [0.15, 0.2) is 36.4 Å². The molecule has 0 atom stereocenters. The number of nitrogens with one attached hydrogen (secondary N) is 1. The first-order chi connectivity index (χ1) is 11.1. The number of thiocarbonyl (C=S) groups is 1. The minimum atomic E-state index is 0.533. The van der Waals surface area contributed by atoms with Gasteiger partial charge in [-0.3, -0.25) is 0 Å². The number of ether oxygens (including phenoxy) is 4. The summed E-state index contributed by atoms with van der Waals surface area (Å²) in [6.07, 6.45) is 0. The van der Waals surface area contributed by atoms with Gasteiger partial charge in [0.2, 0.25) is 5.75 Å². The fraction of sp³-hybridized carbons (Fsp3) is 0.235. The van der Waals surface area contributed by atoms with Crippen molar-refractivity contribution in [3.05, 3.63) is 42.0 Å². The Hall–Kier alpha value is -2.47. The van der Waals surface area contributed by atoms with Gasteiger partial charge in [0.25, 0.3) is 0 Å². The zero-order valence-electron chi connectivity index (χ0n) is 13.5. The molecule has 0 heterocycles. The van der Waals surface area contributed by atoms with E-state index in [4.69, 9.17) is 31.2 Å². The monoisotopic (exact) mass is 333 g/mol. The predicted octanol–water partition coefficient (Wildman–Crippen LogP) is 3.51. The molecule has 2 aromatic rings. The average molecular weight is 333 g/mol. The molecule has 0 saturated heterocycles. The molecule has 1 N–H and O–H groups in total. The number of hydrogen-bond donors (Lipinski definition) is 1. The lowest BCUT2D eigenvalue weighted by Crippen LogP contribution is -2.11. The van der Waals surface area contributed by atoms with Crippen molar-refractivity contribution in [2.24, 2.45) is 0 Å². The Bertz CT molecular complexity index is 660. The maximum atomic E-state index is 5.46. The Labute approximate surface area is 141 Å². The third-order valence-electron chi connectivity index (χ3n) is 3.27. The zero-order chi connectivity index (χ0) is 16.8. The van der Waals surface area contributed by atoms with Crippen molar-refractivity contribution < 1.29 is 18.9 Å². The number of methoxy groups -OCH3 is 4. The number of anilines is 1. The molecule has 0 fully saturated rings. The molecule has 6 heteroatoms. The molecule has 0 unspecified atom stereocenters. The molecular weight excluding hydrogens is 314 g/mol. The van der Waals surface area contributed by atoms with Crippen LogP contribution in [0.5, 0.6) is 23.0 Å². The van der Waals surface area contributed by atoms with E-state index in [2.05, 4.69) is 5.32 Å². The van der Waals surface area contributed by atoms with Crippen molar-refractivity contribution in [3.8, 4) is 23.0 Å². The molecule has 0 aliphatic carbocycles. The van der Waals surface area contributed by atoms with Crippen LogP contribution in [0.1, 0.15) is 5.56 Å². The maximum Gasteiger partial charge on any atom is 0.203 e. The number of rotatable bonds is 6. The van der Waals surface area contributed by atoms with E-state index >= 15 is 0 Å². The van der Waals surface area contributed by atoms with Gasteiger partial charge in [-0.1, -0.05) is 12.2 Å². The summed E-state index contributed by atoms with van der Waals surface area (Å²) in [5.74, 6) is 2.43. The van der Waals surface area contributed by atoms with Crippen LogP contribution in [-0.4, -0.2) is 33.4 Å². The Balaban J connectivity index is 2.27. The molecule has 23 heavy (non-hydrogen) atoms. The quantitative estimate of drug-likeness (QED) is 0.817. The molecule has 0 bridgehead atoms. The molecular formula is C17H19NO4S. The number of benzene rings is 2. The van der Waals surface area contributed by atoms with Crippen LogP contribution in [0.25, 0.3) is 0 Å². The third-order valence-corrected chi connectivity index (χ3v) is 3.61. The molecule has 2 aromatic carbocycles. The Morgan fingerprint density at radius 1 is 0.826 bits per heavy atom. The highest BCUT2D eigenvalue weighted by Gasteiger charge is 2.15. The lowest BCUT2D eigenvalue weighted by atomic mass is 10.1. The van der Waals surface area contributed by atoms with Gasteiger partial charge in [0.15, 0.2) is 11.5 Å². The van der Waals surface area contributed by atoms with E-state index in [9.17, 15) is 0 Å². The van der Waals surface area contributed by atoms with E-state index < -0.39 is 0 Å². The molecule has 0 aliphatic rings. The summed E-state index contributed by atoms with van der Waals surface area (Å²) in [5, 5.41) is 3.17. The van der Waals surface area contributed by atoms with Gasteiger partial charge in [-0.05, 0) is 36.4 Å². The minimum absolute atomic E-state index is 0.533. The summed E-state index contributed by atoms with van der Waals surface area (Å²) in [6, 6.07) is 11.1. The van der Waals surface area contributed by atoms with Crippen LogP contribution in [0.3, 0.4) is 0 Å². The zero-order valence-corrected chi connectivity index (χ0v) is 14.3. The second kappa shape index (κ2) is 7.69. The van der Waals surface area contributed by atoms with Crippen LogP contribution < -0.4 is 24.3 Å². The third kappa shape index (κ3) is 3.84. The average Bonchev–Trinajstić information content (AvgIpc) is 2.60. The van der Waals surface area contributed by atoms with Gasteiger partial charge in [0.05, 0.1) is 28.4 Å². The molecule has 2 rings (SSSR count). The smallest absolute Gasteiger partial charge is 0.203 e. The minimum Gasteiger partial charge on any atom is -0.497 e. The van der Waals surface area contributed by atoms with Gasteiger partial charge in [-0.2, -0.15) is 0 Å². The molecule has 0 spiro atoms. The van der Waals surface area contributed by atoms with E-state index in [-0.39, 0.29) is 0 Å². The second-order valence-electron chi connectivity index (χ2n) is 4.60. The van der Waals surface area contributed by atoms with Crippen LogP contribution in [-0.2, 0) is 0 Å². The van der Waals surface area contributed by atoms with E-state index in [1.54, 1.807) is 40.6 Å². The summed E-state index contributed by atoms with van der Waals surface area (Å²) in [5.41, 5.74) is 1.63. The summed E-state index contributed by atoms with van der Waals surface area (Å²) in [7, 11) is 6.33. The van der Waals surface area contributed by atoms with E-state index in [1.165, 1.54) is 0 Å². The number of hydrogen-bond acceptors (Lipinski definition) is 5. The lowest BCUT2D eigenvalue weighted by Gasteiger charge is -2.15. The molecule has 0 aromatic heterocycles. The summed E-state index contributed by atoms with van der Waals surface area (Å²) in [6.45, 7) is 0. The normalized spacial score (nSPS) is 9.91. The van der Waals surface area contributed by atoms with Crippen LogP contribution >= 0.6 is 12.2 Å². The summed E-state index contributed by atoms with van der Waals surface area (Å²) < 4.78 is 21.1. The molecule has 0 radical (unpaired) electrons. The van der Waals surface area contributed by atoms with Crippen LogP contribution in [0.4, 0.5) is 5.69 Å². The van der Waals surface area contributed by atoms with Gasteiger partial charge in [0, 0.05) is 11.3 Å². The fourth-order valence-electron chi connectivity index (χ4n) is 2.09. The molecule has 0 saturated carbocycles. The first-order valence-electron chi connectivity index (χ1n) is 6.88. The van der Waals surface area contributed by atoms with Crippen molar-refractivity contribution in [1.82, 2.24) is 0 Å². The molecule has 0 aliphatic heterocycles. The highest BCUT2D eigenvalue weighted by atomic mass is 32.1. The van der Waals surface area contributed by atoms with Crippen molar-refractivity contribution in [3.63, 3.8) is 0 Å². The lowest BCUT2D eigenvalue weighted by molar-refractivity contribution is 0.324. The van der Waals surface area contributed by atoms with Gasteiger partial charge in [0.1, 0.15) is 10.7 Å². The van der Waals surface area contributed by atoms with E-state index in [0.29, 0.717) is 22.2 Å². The maximum absolute atomic E-state index is 5.46. The first-order valence-corrected chi connectivity index (χ1v) is 7.29. The van der Waals surface area contributed by atoms with E-state index in [1.807, 2.05) is 24.3 Å². The SMILES string of the molecule is COc1ccc(NC(=S)c2cc(OC)c(OC)c(OC)c2)cc1. The summed E-state index contributed by atoms with van der Waals surface area (Å²) >= 11 is 5.46. The van der Waals surface area contributed by atoms with Crippen molar-refractivity contribution >= 4 is 22.9 Å². The van der Waals surface area contributed by atoms with Gasteiger partial charge in [-0.25, -0.2) is 0 Å². The molecule has 0 amide bonds. The Kier molecular flexibility index (Phi) is 5.65. The van der Waals surface area contributed by atoms with Crippen LogP contribution in [0.2, 0.25) is 0 Å². The van der Waals surface area contributed by atoms with Crippen molar-refractivity contribution in [2.45, 2.75) is 0 Å². The van der Waals surface area contributed by atoms with Crippen molar-refractivity contribution in [1.29, 1.82) is 0 Å².